The first-order valence-corrected chi connectivity index (χ1v) is 24.9. The van der Waals surface area contributed by atoms with Crippen molar-refractivity contribution in [2.75, 3.05) is 19.8 Å². The highest BCUT2D eigenvalue weighted by Crippen LogP contribution is 2.76. The molecule has 8 aliphatic rings. The summed E-state index contributed by atoms with van der Waals surface area (Å²) >= 11 is 0. The molecule has 7 fully saturated rings. The van der Waals surface area contributed by atoms with Gasteiger partial charge < -0.3 is 73.6 Å². The van der Waals surface area contributed by atoms with Crippen LogP contribution in [0.2, 0.25) is 0 Å². The molecule has 68 heavy (non-hydrogen) atoms. The van der Waals surface area contributed by atoms with Crippen molar-refractivity contribution in [1.29, 1.82) is 0 Å². The van der Waals surface area contributed by atoms with Crippen molar-refractivity contribution in [2.24, 2.45) is 50.2 Å². The van der Waals surface area contributed by atoms with Gasteiger partial charge in [0.2, 0.25) is 0 Å². The molecule has 18 heteroatoms. The summed E-state index contributed by atoms with van der Waals surface area (Å²) in [5.74, 6) is -1.89. The average Bonchev–Trinajstić information content (AvgIpc) is 3.26. The van der Waals surface area contributed by atoms with Crippen LogP contribution in [-0.4, -0.2) is 159 Å². The standard InChI is InChI=1S/C50H78O18/c1-24-34(55)39(67-41-36(57)38(65-26(3)53)30(22-62-41)64-25(2)52)37(58)42(63-24)68-40-35(56)29(54)21-61-43(40)66-33-13-14-46(6)31(47(33,7)23-51)12-15-49(9)32(46)11-10-27-28-20-45(4,5)16-18-50(28,44(59)60)19-17-48(27,49)8/h10,24,28-43,51,54-58H,11-23H2,1-9H3,(H,59,60)/t24-,28-,29-,30+,31+,32+,33-,34-,35-,36+,37+,38-,39+,40+,41-,42-,43-,46-,47-,48+,49+,50-/m0/s1. The number of rotatable bonds is 10. The topological polar surface area (TPSA) is 267 Å². The lowest BCUT2D eigenvalue weighted by Gasteiger charge is -2.71. The number of hydrogen-bond acceptors (Lipinski definition) is 17. The normalized spacial score (nSPS) is 51.1. The van der Waals surface area contributed by atoms with E-state index >= 15 is 0 Å². The molecule has 4 saturated carbocycles. The Morgan fingerprint density at radius 3 is 2.01 bits per heavy atom. The van der Waals surface area contributed by atoms with Crippen LogP contribution in [-0.2, 0) is 52.3 Å². The molecule has 0 spiro atoms. The Bertz CT molecular complexity index is 1930. The van der Waals surface area contributed by atoms with Gasteiger partial charge in [0.25, 0.3) is 0 Å². The van der Waals surface area contributed by atoms with Crippen LogP contribution in [0.1, 0.15) is 127 Å². The number of ether oxygens (including phenoxy) is 8. The predicted molar refractivity (Wildman–Crippen MR) is 238 cm³/mol. The number of hydrogen-bond donors (Lipinski definition) is 7. The largest absolute Gasteiger partial charge is 0.481 e. The predicted octanol–water partition coefficient (Wildman–Crippen LogP) is 3.13. The van der Waals surface area contributed by atoms with Crippen LogP contribution in [0.5, 0.6) is 0 Å². The molecule has 0 aromatic carbocycles. The Hall–Kier alpha value is -2.33. The highest BCUT2D eigenvalue weighted by molar-refractivity contribution is 5.76. The number of aliphatic hydroxyl groups is 6. The van der Waals surface area contributed by atoms with Crippen molar-refractivity contribution >= 4 is 17.9 Å². The lowest BCUT2D eigenvalue weighted by molar-refractivity contribution is -0.379. The van der Waals surface area contributed by atoms with Gasteiger partial charge in [-0.15, -0.1) is 0 Å². The van der Waals surface area contributed by atoms with E-state index in [1.54, 1.807) is 0 Å². The van der Waals surface area contributed by atoms with Crippen LogP contribution < -0.4 is 0 Å². The van der Waals surface area contributed by atoms with E-state index in [2.05, 4.69) is 40.7 Å². The molecule has 18 nitrogen and oxygen atoms in total. The van der Waals surface area contributed by atoms with Gasteiger partial charge in [-0.2, -0.15) is 0 Å². The fraction of sp³-hybridized carbons (Fsp3) is 0.900. The minimum atomic E-state index is -1.79. The van der Waals surface area contributed by atoms with Gasteiger partial charge in [-0.3, -0.25) is 14.4 Å². The molecule has 3 heterocycles. The van der Waals surface area contributed by atoms with Gasteiger partial charge in [0.15, 0.2) is 31.1 Å². The molecule has 3 aliphatic heterocycles. The summed E-state index contributed by atoms with van der Waals surface area (Å²) in [5.41, 5.74) is -0.641. The van der Waals surface area contributed by atoms with Crippen molar-refractivity contribution < 1.29 is 88.0 Å². The number of carbonyl (C=O) groups excluding carboxylic acids is 2. The first-order valence-electron chi connectivity index (χ1n) is 24.9. The summed E-state index contributed by atoms with van der Waals surface area (Å²) in [6.07, 6.45) is -9.52. The molecule has 0 bridgehead atoms. The number of carboxylic acids is 1. The van der Waals surface area contributed by atoms with Crippen molar-refractivity contribution in [1.82, 2.24) is 0 Å². The first kappa shape index (κ1) is 52.0. The minimum absolute atomic E-state index is 0.00715. The molecule has 7 N–H and O–H groups in total. The molecule has 0 aromatic rings. The number of aliphatic carboxylic acids is 1. The lowest BCUT2D eigenvalue weighted by atomic mass is 9.33. The zero-order valence-corrected chi connectivity index (χ0v) is 41.2. The van der Waals surface area contributed by atoms with Crippen LogP contribution in [0, 0.1) is 50.2 Å². The third-order valence-electron chi connectivity index (χ3n) is 19.3. The summed E-state index contributed by atoms with van der Waals surface area (Å²) in [6, 6.07) is 0. The number of esters is 2. The summed E-state index contributed by atoms with van der Waals surface area (Å²) in [6.45, 7) is 16.7. The molecule has 5 aliphatic carbocycles. The van der Waals surface area contributed by atoms with Gasteiger partial charge in [-0.25, -0.2) is 0 Å². The zero-order chi connectivity index (χ0) is 49.7. The summed E-state index contributed by atoms with van der Waals surface area (Å²) in [5, 5.41) is 78.7. The van der Waals surface area contributed by atoms with Gasteiger partial charge >= 0.3 is 17.9 Å². The fourth-order valence-corrected chi connectivity index (χ4v) is 15.2. The average molecular weight is 967 g/mol. The quantitative estimate of drug-likeness (QED) is 0.0942. The van der Waals surface area contributed by atoms with Crippen molar-refractivity contribution in [2.45, 2.75) is 213 Å². The van der Waals surface area contributed by atoms with Gasteiger partial charge in [0.1, 0.15) is 42.7 Å². The van der Waals surface area contributed by atoms with Crippen LogP contribution in [0.15, 0.2) is 11.6 Å². The molecule has 0 unspecified atom stereocenters. The van der Waals surface area contributed by atoms with E-state index in [-0.39, 0.29) is 59.2 Å². The Balaban J connectivity index is 1.00. The summed E-state index contributed by atoms with van der Waals surface area (Å²) in [7, 11) is 0. The molecule has 386 valence electrons. The van der Waals surface area contributed by atoms with E-state index in [4.69, 9.17) is 37.9 Å². The Kier molecular flexibility index (Phi) is 14.2. The third kappa shape index (κ3) is 8.49. The second-order valence-corrected chi connectivity index (χ2v) is 23.6. The molecular weight excluding hydrogens is 889 g/mol. The number of allylic oxidation sites excluding steroid dienone is 2. The lowest BCUT2D eigenvalue weighted by Crippen LogP contribution is -2.67. The van der Waals surface area contributed by atoms with Crippen LogP contribution >= 0.6 is 0 Å². The van der Waals surface area contributed by atoms with Gasteiger partial charge in [-0.05, 0) is 111 Å². The second kappa shape index (κ2) is 18.6. The molecule has 0 amide bonds. The Morgan fingerprint density at radius 1 is 0.706 bits per heavy atom. The number of aliphatic hydroxyl groups excluding tert-OH is 6. The maximum absolute atomic E-state index is 13.2. The maximum atomic E-state index is 13.2. The molecule has 22 atom stereocenters. The van der Waals surface area contributed by atoms with Crippen LogP contribution in [0.4, 0.5) is 0 Å². The first-order chi connectivity index (χ1) is 31.8. The number of carbonyl (C=O) groups is 3. The highest BCUT2D eigenvalue weighted by atomic mass is 16.8. The smallest absolute Gasteiger partial charge is 0.310 e. The molecule has 3 saturated heterocycles. The molecule has 8 rings (SSSR count). The van der Waals surface area contributed by atoms with E-state index in [1.165, 1.54) is 12.5 Å². The van der Waals surface area contributed by atoms with Gasteiger partial charge in [0, 0.05) is 19.3 Å². The van der Waals surface area contributed by atoms with Crippen LogP contribution in [0.25, 0.3) is 0 Å². The van der Waals surface area contributed by atoms with Crippen molar-refractivity contribution in [3.8, 4) is 0 Å². The van der Waals surface area contributed by atoms with E-state index in [9.17, 15) is 50.1 Å². The molecular formula is C50H78O18. The van der Waals surface area contributed by atoms with Crippen molar-refractivity contribution in [3.63, 3.8) is 0 Å². The van der Waals surface area contributed by atoms with Gasteiger partial charge in [0.05, 0.1) is 37.4 Å². The Morgan fingerprint density at radius 2 is 1.35 bits per heavy atom. The highest BCUT2D eigenvalue weighted by Gasteiger charge is 2.70. The minimum Gasteiger partial charge on any atom is -0.481 e. The van der Waals surface area contributed by atoms with Crippen molar-refractivity contribution in [3.05, 3.63) is 11.6 Å². The van der Waals surface area contributed by atoms with Crippen LogP contribution in [0.3, 0.4) is 0 Å². The fourth-order valence-electron chi connectivity index (χ4n) is 15.2. The Labute approximate surface area is 399 Å². The molecule has 0 aromatic heterocycles. The van der Waals surface area contributed by atoms with E-state index in [0.29, 0.717) is 19.3 Å². The molecule has 0 radical (unpaired) electrons. The maximum Gasteiger partial charge on any atom is 0.310 e. The SMILES string of the molecule is CC(=O)O[C@@H]1[C@@H](O)[C@H](O[C@@H]2[C@@H](O)[C@H](C)O[C@@H](O[C@H]3[C@H](O[C@H]4CC[C@@]5(C)[C@@H](CC[C@]6(C)[C@@H]5CC=C5[C@@H]7CC(C)(C)CC[C@]7(C(=O)O)CC[C@]56C)[C@]4(C)CO)OC[C@H](O)[C@@H]3O)[C@@H]2O)OC[C@H]1OC(C)=O. The van der Waals surface area contributed by atoms with Gasteiger partial charge in [-0.1, -0.05) is 53.2 Å². The monoisotopic (exact) mass is 967 g/mol. The van der Waals surface area contributed by atoms with E-state index in [1.807, 2.05) is 6.92 Å². The number of fused-ring (bicyclic) bond motifs is 7. The zero-order valence-electron chi connectivity index (χ0n) is 41.2. The van der Waals surface area contributed by atoms with E-state index in [0.717, 1.165) is 58.8 Å². The second-order valence-electron chi connectivity index (χ2n) is 23.6. The van der Waals surface area contributed by atoms with E-state index < -0.39 is 115 Å². The third-order valence-corrected chi connectivity index (χ3v) is 19.3. The summed E-state index contributed by atoms with van der Waals surface area (Å²) < 4.78 is 47.1. The number of carboxylic acid groups (broad SMARTS) is 1. The summed E-state index contributed by atoms with van der Waals surface area (Å²) in [4.78, 5) is 36.8.